The average Bonchev–Trinajstić information content (AvgIpc) is 2.30. The highest BCUT2D eigenvalue weighted by atomic mass is 16.5. The van der Waals surface area contributed by atoms with Gasteiger partial charge in [0.15, 0.2) is 0 Å². The molecule has 1 aromatic rings. The van der Waals surface area contributed by atoms with E-state index >= 15 is 0 Å². The van der Waals surface area contributed by atoms with Crippen molar-refractivity contribution in [1.29, 1.82) is 0 Å². The molecule has 1 rings (SSSR count). The van der Waals surface area contributed by atoms with Crippen molar-refractivity contribution in [3.8, 4) is 0 Å². The van der Waals surface area contributed by atoms with Crippen molar-refractivity contribution in [3.63, 3.8) is 0 Å². The number of carbonyl (C=O) groups excluding carboxylic acids is 1. The molecule has 0 fully saturated rings. The van der Waals surface area contributed by atoms with Crippen LogP contribution in [0.1, 0.15) is 25.3 Å². The number of anilines is 2. The summed E-state index contributed by atoms with van der Waals surface area (Å²) in [6, 6.07) is 5.46. The molecule has 0 bridgehead atoms. The maximum atomic E-state index is 11.5. The Labute approximate surface area is 102 Å². The quantitative estimate of drug-likeness (QED) is 0.588. The minimum Gasteiger partial charge on any atom is -0.398 e. The largest absolute Gasteiger partial charge is 0.398 e. The van der Waals surface area contributed by atoms with Crippen LogP contribution in [-0.4, -0.2) is 19.1 Å². The fourth-order valence-corrected chi connectivity index (χ4v) is 1.33. The van der Waals surface area contributed by atoms with Gasteiger partial charge in [0.2, 0.25) is 5.91 Å². The summed E-state index contributed by atoms with van der Waals surface area (Å²) in [6.07, 6.45) is 2.04. The second-order valence-corrected chi connectivity index (χ2v) is 4.03. The van der Waals surface area contributed by atoms with Gasteiger partial charge in [0, 0.05) is 18.0 Å². The number of hydrogen-bond donors (Lipinski definition) is 2. The lowest BCUT2D eigenvalue weighted by Gasteiger charge is -2.07. The molecule has 0 aliphatic heterocycles. The third-order valence-corrected chi connectivity index (χ3v) is 2.44. The van der Waals surface area contributed by atoms with E-state index in [-0.39, 0.29) is 12.5 Å². The number of ether oxygens (including phenoxy) is 1. The molecule has 0 aromatic heterocycles. The van der Waals surface area contributed by atoms with E-state index in [9.17, 15) is 4.79 Å². The molecule has 94 valence electrons. The molecule has 0 radical (unpaired) electrons. The summed E-state index contributed by atoms with van der Waals surface area (Å²) in [6.45, 7) is 4.72. The fraction of sp³-hybridized carbons (Fsp3) is 0.462. The van der Waals surface area contributed by atoms with Crippen LogP contribution in [0.15, 0.2) is 18.2 Å². The van der Waals surface area contributed by atoms with Crippen LogP contribution < -0.4 is 11.1 Å². The monoisotopic (exact) mass is 236 g/mol. The number of unbranched alkanes of at least 4 members (excludes halogenated alkanes) is 1. The highest BCUT2D eigenvalue weighted by molar-refractivity contribution is 5.92. The third-order valence-electron chi connectivity index (χ3n) is 2.44. The minimum atomic E-state index is -0.149. The van der Waals surface area contributed by atoms with Crippen molar-refractivity contribution in [2.75, 3.05) is 24.3 Å². The molecule has 4 nitrogen and oxygen atoms in total. The molecule has 0 saturated carbocycles. The van der Waals surface area contributed by atoms with Crippen LogP contribution in [-0.2, 0) is 9.53 Å². The summed E-state index contributed by atoms with van der Waals surface area (Å²) < 4.78 is 5.22. The Morgan fingerprint density at radius 3 is 2.88 bits per heavy atom. The smallest absolute Gasteiger partial charge is 0.250 e. The zero-order valence-electron chi connectivity index (χ0n) is 10.5. The second-order valence-electron chi connectivity index (χ2n) is 4.03. The first-order valence-corrected chi connectivity index (χ1v) is 5.87. The van der Waals surface area contributed by atoms with Crippen LogP contribution in [0.25, 0.3) is 0 Å². The van der Waals surface area contributed by atoms with Gasteiger partial charge < -0.3 is 15.8 Å². The molecule has 0 unspecified atom stereocenters. The minimum absolute atomic E-state index is 0.0911. The average molecular weight is 236 g/mol. The van der Waals surface area contributed by atoms with Crippen LogP contribution in [0, 0.1) is 6.92 Å². The molecule has 1 amide bonds. The van der Waals surface area contributed by atoms with Crippen LogP contribution in [0.3, 0.4) is 0 Å². The molecular formula is C13H20N2O2. The summed E-state index contributed by atoms with van der Waals surface area (Å²) >= 11 is 0. The van der Waals surface area contributed by atoms with E-state index in [1.807, 2.05) is 19.1 Å². The molecule has 0 spiro atoms. The molecule has 4 heteroatoms. The van der Waals surface area contributed by atoms with Crippen LogP contribution in [0.2, 0.25) is 0 Å². The van der Waals surface area contributed by atoms with Gasteiger partial charge in [-0.15, -0.1) is 0 Å². The summed E-state index contributed by atoms with van der Waals surface area (Å²) in [7, 11) is 0. The number of nitrogen functional groups attached to an aromatic ring is 1. The Hall–Kier alpha value is -1.55. The lowest BCUT2D eigenvalue weighted by Crippen LogP contribution is -2.18. The van der Waals surface area contributed by atoms with Crippen molar-refractivity contribution in [1.82, 2.24) is 0 Å². The number of carbonyl (C=O) groups is 1. The van der Waals surface area contributed by atoms with Crippen molar-refractivity contribution in [2.45, 2.75) is 26.7 Å². The standard InChI is InChI=1S/C13H20N2O2/c1-3-4-7-17-9-13(16)15-11-6-5-10(2)12(14)8-11/h5-6,8H,3-4,7,9,14H2,1-2H3,(H,15,16). The number of nitrogens with two attached hydrogens (primary N) is 1. The van der Waals surface area contributed by atoms with Crippen molar-refractivity contribution >= 4 is 17.3 Å². The Morgan fingerprint density at radius 1 is 1.47 bits per heavy atom. The highest BCUT2D eigenvalue weighted by Crippen LogP contribution is 2.16. The molecule has 0 heterocycles. The van der Waals surface area contributed by atoms with Gasteiger partial charge in [-0.25, -0.2) is 0 Å². The molecule has 0 aliphatic rings. The third kappa shape index (κ3) is 4.87. The van der Waals surface area contributed by atoms with E-state index < -0.39 is 0 Å². The maximum Gasteiger partial charge on any atom is 0.250 e. The topological polar surface area (TPSA) is 64.3 Å². The highest BCUT2D eigenvalue weighted by Gasteiger charge is 2.03. The number of nitrogens with one attached hydrogen (secondary N) is 1. The zero-order valence-corrected chi connectivity index (χ0v) is 10.5. The molecular weight excluding hydrogens is 216 g/mol. The van der Waals surface area contributed by atoms with Gasteiger partial charge in [-0.3, -0.25) is 4.79 Å². The molecule has 0 atom stereocenters. The summed E-state index contributed by atoms with van der Waals surface area (Å²) in [4.78, 5) is 11.5. The van der Waals surface area contributed by atoms with Gasteiger partial charge in [0.1, 0.15) is 6.61 Å². The first-order valence-electron chi connectivity index (χ1n) is 5.87. The van der Waals surface area contributed by atoms with Gasteiger partial charge >= 0.3 is 0 Å². The number of rotatable bonds is 6. The Kier molecular flexibility index (Phi) is 5.49. The number of benzene rings is 1. The van der Waals surface area contributed by atoms with Gasteiger partial charge in [-0.1, -0.05) is 19.4 Å². The van der Waals surface area contributed by atoms with Gasteiger partial charge in [-0.2, -0.15) is 0 Å². The number of amides is 1. The first kappa shape index (κ1) is 13.5. The van der Waals surface area contributed by atoms with Crippen molar-refractivity contribution < 1.29 is 9.53 Å². The second kappa shape index (κ2) is 6.91. The molecule has 3 N–H and O–H groups in total. The van der Waals surface area contributed by atoms with Gasteiger partial charge in [0.25, 0.3) is 0 Å². The van der Waals surface area contributed by atoms with E-state index in [1.165, 1.54) is 0 Å². The zero-order chi connectivity index (χ0) is 12.7. The summed E-state index contributed by atoms with van der Waals surface area (Å²) in [5, 5.41) is 2.74. The molecule has 1 aromatic carbocycles. The van der Waals surface area contributed by atoms with E-state index in [1.54, 1.807) is 6.07 Å². The Morgan fingerprint density at radius 2 is 2.24 bits per heavy atom. The van der Waals surface area contributed by atoms with Crippen molar-refractivity contribution in [3.05, 3.63) is 23.8 Å². The summed E-state index contributed by atoms with van der Waals surface area (Å²) in [5.74, 6) is -0.149. The number of aryl methyl sites for hydroxylation is 1. The molecule has 0 saturated heterocycles. The van der Waals surface area contributed by atoms with E-state index in [4.69, 9.17) is 10.5 Å². The Balaban J connectivity index is 2.37. The van der Waals surface area contributed by atoms with Crippen LogP contribution in [0.5, 0.6) is 0 Å². The van der Waals surface area contributed by atoms with Crippen molar-refractivity contribution in [2.24, 2.45) is 0 Å². The molecule has 17 heavy (non-hydrogen) atoms. The van der Waals surface area contributed by atoms with Gasteiger partial charge in [-0.05, 0) is 31.0 Å². The van der Waals surface area contributed by atoms with Crippen LogP contribution in [0.4, 0.5) is 11.4 Å². The van der Waals surface area contributed by atoms with E-state index in [0.29, 0.717) is 18.0 Å². The SMILES string of the molecule is CCCCOCC(=O)Nc1ccc(C)c(N)c1. The van der Waals surface area contributed by atoms with E-state index in [2.05, 4.69) is 12.2 Å². The fourth-order valence-electron chi connectivity index (χ4n) is 1.33. The predicted octanol–water partition coefficient (Wildman–Crippen LogP) is 2.33. The predicted molar refractivity (Wildman–Crippen MR) is 69.9 cm³/mol. The van der Waals surface area contributed by atoms with Crippen LogP contribution >= 0.6 is 0 Å². The summed E-state index contributed by atoms with van der Waals surface area (Å²) in [5.41, 5.74) is 8.14. The Bertz CT molecular complexity index is 378. The molecule has 0 aliphatic carbocycles. The van der Waals surface area contributed by atoms with Gasteiger partial charge in [0.05, 0.1) is 0 Å². The first-order chi connectivity index (χ1) is 8.13. The lowest BCUT2D eigenvalue weighted by molar-refractivity contribution is -0.120. The maximum absolute atomic E-state index is 11.5. The number of hydrogen-bond acceptors (Lipinski definition) is 3. The normalized spacial score (nSPS) is 10.2. The lowest BCUT2D eigenvalue weighted by atomic mass is 10.2. The van der Waals surface area contributed by atoms with E-state index in [0.717, 1.165) is 18.4 Å².